The van der Waals surface area contributed by atoms with Crippen molar-refractivity contribution >= 4 is 21.5 Å². The molecule has 2 aromatic rings. The summed E-state index contributed by atoms with van der Waals surface area (Å²) in [6, 6.07) is 7.64. The SMILES string of the molecule is Cc1cc(C)c(S(=O)(=O)N[C@@H]2CCCC[C@H]2Nc2cc(N(C)C)ccn2)c(C)c1. The van der Waals surface area contributed by atoms with Crippen LogP contribution in [0.25, 0.3) is 0 Å². The zero-order valence-electron chi connectivity index (χ0n) is 18.0. The molecule has 1 aromatic carbocycles. The average molecular weight is 417 g/mol. The molecule has 0 amide bonds. The van der Waals surface area contributed by atoms with E-state index in [1.165, 1.54) is 0 Å². The van der Waals surface area contributed by atoms with E-state index in [0.29, 0.717) is 4.90 Å². The quantitative estimate of drug-likeness (QED) is 0.750. The summed E-state index contributed by atoms with van der Waals surface area (Å²) in [5, 5.41) is 3.47. The first-order valence-electron chi connectivity index (χ1n) is 10.2. The summed E-state index contributed by atoms with van der Waals surface area (Å²) in [5.74, 6) is 0.773. The van der Waals surface area contributed by atoms with Gasteiger partial charge in [-0.15, -0.1) is 0 Å². The van der Waals surface area contributed by atoms with Gasteiger partial charge in [-0.25, -0.2) is 18.1 Å². The van der Waals surface area contributed by atoms with Crippen molar-refractivity contribution < 1.29 is 8.42 Å². The summed E-state index contributed by atoms with van der Waals surface area (Å²) in [4.78, 5) is 6.86. The Morgan fingerprint density at radius 3 is 2.24 bits per heavy atom. The molecule has 0 aliphatic heterocycles. The topological polar surface area (TPSA) is 74.3 Å². The molecule has 0 spiro atoms. The summed E-state index contributed by atoms with van der Waals surface area (Å²) in [6.45, 7) is 5.71. The third-order valence-electron chi connectivity index (χ3n) is 5.54. The van der Waals surface area contributed by atoms with Gasteiger partial charge in [0, 0.05) is 44.1 Å². The predicted octanol–water partition coefficient (Wildman–Crippen LogP) is 3.77. The highest BCUT2D eigenvalue weighted by Gasteiger charge is 2.31. The highest BCUT2D eigenvalue weighted by molar-refractivity contribution is 7.89. The zero-order chi connectivity index (χ0) is 21.2. The molecule has 2 N–H and O–H groups in total. The first-order chi connectivity index (χ1) is 13.7. The van der Waals surface area contributed by atoms with Gasteiger partial charge in [0.25, 0.3) is 0 Å². The van der Waals surface area contributed by atoms with E-state index in [2.05, 4.69) is 15.0 Å². The molecule has 0 unspecified atom stereocenters. The number of nitrogens with zero attached hydrogens (tertiary/aromatic N) is 2. The maximum atomic E-state index is 13.2. The molecular formula is C22H32N4O2S. The number of nitrogens with one attached hydrogen (secondary N) is 2. The van der Waals surface area contributed by atoms with Crippen molar-refractivity contribution in [2.75, 3.05) is 24.3 Å². The van der Waals surface area contributed by atoms with Gasteiger partial charge in [-0.2, -0.15) is 0 Å². The monoisotopic (exact) mass is 416 g/mol. The van der Waals surface area contributed by atoms with E-state index < -0.39 is 10.0 Å². The minimum absolute atomic E-state index is 0.00879. The fraction of sp³-hybridized carbons (Fsp3) is 0.500. The maximum Gasteiger partial charge on any atom is 0.241 e. The van der Waals surface area contributed by atoms with Gasteiger partial charge in [-0.1, -0.05) is 30.5 Å². The standard InChI is InChI=1S/C22H32N4O2S/c1-15-12-16(2)22(17(3)13-15)29(27,28)25-20-9-7-6-8-19(20)24-21-14-18(26(4)5)10-11-23-21/h10-14,19-20,25H,6-9H2,1-5H3,(H,23,24)/t19-,20-/m1/s1. The van der Waals surface area contributed by atoms with Crippen LogP contribution in [-0.4, -0.2) is 39.6 Å². The lowest BCUT2D eigenvalue weighted by Crippen LogP contribution is -2.48. The number of aryl methyl sites for hydroxylation is 3. The minimum Gasteiger partial charge on any atom is -0.378 e. The van der Waals surface area contributed by atoms with Crippen molar-refractivity contribution in [2.45, 2.75) is 63.4 Å². The van der Waals surface area contributed by atoms with Crippen LogP contribution in [0.1, 0.15) is 42.4 Å². The van der Waals surface area contributed by atoms with Crippen LogP contribution in [0.4, 0.5) is 11.5 Å². The number of anilines is 2. The Hall–Kier alpha value is -2.12. The van der Waals surface area contributed by atoms with E-state index in [9.17, 15) is 8.42 Å². The molecule has 29 heavy (non-hydrogen) atoms. The van der Waals surface area contributed by atoms with Crippen molar-refractivity contribution in [3.63, 3.8) is 0 Å². The van der Waals surface area contributed by atoms with E-state index in [1.54, 1.807) is 6.20 Å². The number of benzene rings is 1. The lowest BCUT2D eigenvalue weighted by molar-refractivity contribution is 0.378. The van der Waals surface area contributed by atoms with Crippen molar-refractivity contribution in [3.8, 4) is 0 Å². The molecular weight excluding hydrogens is 384 g/mol. The summed E-state index contributed by atoms with van der Waals surface area (Å²) < 4.78 is 29.5. The Labute approximate surface area is 174 Å². The number of aromatic nitrogens is 1. The zero-order valence-corrected chi connectivity index (χ0v) is 18.8. The van der Waals surface area contributed by atoms with Crippen LogP contribution in [0, 0.1) is 20.8 Å². The predicted molar refractivity (Wildman–Crippen MR) is 119 cm³/mol. The van der Waals surface area contributed by atoms with Gasteiger partial charge < -0.3 is 10.2 Å². The molecule has 1 fully saturated rings. The molecule has 0 saturated heterocycles. The van der Waals surface area contributed by atoms with Crippen molar-refractivity contribution in [1.82, 2.24) is 9.71 Å². The summed E-state index contributed by atoms with van der Waals surface area (Å²) in [7, 11) is 0.375. The van der Waals surface area contributed by atoms with Gasteiger partial charge in [0.05, 0.1) is 4.90 Å². The Kier molecular flexibility index (Phi) is 6.49. The van der Waals surface area contributed by atoms with Gasteiger partial charge in [-0.3, -0.25) is 0 Å². The highest BCUT2D eigenvalue weighted by Crippen LogP contribution is 2.27. The van der Waals surface area contributed by atoms with Crippen LogP contribution in [-0.2, 0) is 10.0 Å². The molecule has 1 aliphatic carbocycles. The van der Waals surface area contributed by atoms with E-state index in [0.717, 1.165) is 53.9 Å². The molecule has 6 nitrogen and oxygen atoms in total. The molecule has 0 radical (unpaired) electrons. The summed E-state index contributed by atoms with van der Waals surface area (Å²) >= 11 is 0. The van der Waals surface area contributed by atoms with Crippen LogP contribution in [0.3, 0.4) is 0 Å². The molecule has 1 heterocycles. The van der Waals surface area contributed by atoms with Crippen LogP contribution < -0.4 is 14.9 Å². The number of hydrogen-bond donors (Lipinski definition) is 2. The first kappa shape index (κ1) is 21.6. The molecule has 2 atom stereocenters. The van der Waals surface area contributed by atoms with E-state index in [4.69, 9.17) is 0 Å². The third kappa shape index (κ3) is 5.08. The normalized spacial score (nSPS) is 19.8. The molecule has 3 rings (SSSR count). The second kappa shape index (κ2) is 8.71. The van der Waals surface area contributed by atoms with Crippen LogP contribution in [0.5, 0.6) is 0 Å². The summed E-state index contributed by atoms with van der Waals surface area (Å²) in [5.41, 5.74) is 3.70. The van der Waals surface area contributed by atoms with Crippen LogP contribution >= 0.6 is 0 Å². The van der Waals surface area contributed by atoms with E-state index in [1.807, 2.05) is 64.0 Å². The molecule has 1 aromatic heterocycles. The maximum absolute atomic E-state index is 13.2. The second-order valence-corrected chi connectivity index (χ2v) is 9.94. The van der Waals surface area contributed by atoms with Crippen LogP contribution in [0.2, 0.25) is 0 Å². The molecule has 1 saturated carbocycles. The fourth-order valence-electron chi connectivity index (χ4n) is 4.26. The molecule has 1 aliphatic rings. The Balaban J connectivity index is 1.82. The Bertz CT molecular complexity index is 950. The number of sulfonamides is 1. The molecule has 7 heteroatoms. The number of rotatable bonds is 6. The smallest absolute Gasteiger partial charge is 0.241 e. The van der Waals surface area contributed by atoms with Gasteiger partial charge in [0.1, 0.15) is 5.82 Å². The Morgan fingerprint density at radius 2 is 1.62 bits per heavy atom. The van der Waals surface area contributed by atoms with Crippen molar-refractivity contribution in [3.05, 3.63) is 47.2 Å². The summed E-state index contributed by atoms with van der Waals surface area (Å²) in [6.07, 6.45) is 5.59. The first-order valence-corrected chi connectivity index (χ1v) is 11.7. The Morgan fingerprint density at radius 1 is 1.00 bits per heavy atom. The van der Waals surface area contributed by atoms with Gasteiger partial charge >= 0.3 is 0 Å². The van der Waals surface area contributed by atoms with Crippen molar-refractivity contribution in [2.24, 2.45) is 0 Å². The highest BCUT2D eigenvalue weighted by atomic mass is 32.2. The van der Waals surface area contributed by atoms with Gasteiger partial charge in [-0.05, 0) is 50.8 Å². The largest absolute Gasteiger partial charge is 0.378 e. The number of pyridine rings is 1. The van der Waals surface area contributed by atoms with E-state index >= 15 is 0 Å². The molecule has 0 bridgehead atoms. The van der Waals surface area contributed by atoms with Crippen LogP contribution in [0.15, 0.2) is 35.4 Å². The fourth-order valence-corrected chi connectivity index (χ4v) is 6.02. The third-order valence-corrected chi connectivity index (χ3v) is 7.33. The minimum atomic E-state index is -3.60. The van der Waals surface area contributed by atoms with Gasteiger partial charge in [0.15, 0.2) is 0 Å². The lowest BCUT2D eigenvalue weighted by Gasteiger charge is -2.33. The van der Waals surface area contributed by atoms with Crippen molar-refractivity contribution in [1.29, 1.82) is 0 Å². The van der Waals surface area contributed by atoms with E-state index in [-0.39, 0.29) is 12.1 Å². The average Bonchev–Trinajstić information content (AvgIpc) is 2.62. The van der Waals surface area contributed by atoms with Gasteiger partial charge in [0.2, 0.25) is 10.0 Å². The second-order valence-electron chi connectivity index (χ2n) is 8.28. The number of hydrogen-bond acceptors (Lipinski definition) is 5. The molecule has 158 valence electrons. The lowest BCUT2D eigenvalue weighted by atomic mass is 9.91.